The van der Waals surface area contributed by atoms with Crippen LogP contribution in [0.5, 0.6) is 0 Å². The van der Waals surface area contributed by atoms with Gasteiger partial charge >= 0.3 is 0 Å². The van der Waals surface area contributed by atoms with Gasteiger partial charge in [0.05, 0.1) is 11.1 Å². The van der Waals surface area contributed by atoms with Crippen molar-refractivity contribution in [3.8, 4) is 11.5 Å². The smallest absolute Gasteiger partial charge is 0.261 e. The molecule has 3 heterocycles. The van der Waals surface area contributed by atoms with Gasteiger partial charge in [-0.25, -0.2) is 4.98 Å². The summed E-state index contributed by atoms with van der Waals surface area (Å²) >= 11 is 1.28. The molecule has 0 saturated carbocycles. The van der Waals surface area contributed by atoms with E-state index in [-0.39, 0.29) is 30.7 Å². The summed E-state index contributed by atoms with van der Waals surface area (Å²) in [5.41, 5.74) is 1.39. The quantitative estimate of drug-likeness (QED) is 0.684. The summed E-state index contributed by atoms with van der Waals surface area (Å²) in [4.78, 5) is 42.2. The van der Waals surface area contributed by atoms with Crippen LogP contribution in [-0.2, 0) is 4.79 Å². The van der Waals surface area contributed by atoms with Gasteiger partial charge in [0.25, 0.3) is 11.8 Å². The fourth-order valence-electron chi connectivity index (χ4n) is 2.85. The highest BCUT2D eigenvalue weighted by Gasteiger charge is 2.34. The van der Waals surface area contributed by atoms with Crippen molar-refractivity contribution >= 4 is 34.2 Å². The SMILES string of the molecule is Cc1ccc(-c2csc(NC(=O)CCN3C(=O)c4ccccc4C3=O)n2)o1. The minimum Gasteiger partial charge on any atom is -0.460 e. The number of benzene rings is 1. The monoisotopic (exact) mass is 381 g/mol. The number of furan rings is 1. The van der Waals surface area contributed by atoms with E-state index < -0.39 is 0 Å². The summed E-state index contributed by atoms with van der Waals surface area (Å²) in [5, 5.41) is 4.92. The van der Waals surface area contributed by atoms with Gasteiger partial charge in [-0.3, -0.25) is 19.3 Å². The summed E-state index contributed by atoms with van der Waals surface area (Å²) in [6.07, 6.45) is 0.000240. The second-order valence-electron chi connectivity index (χ2n) is 6.05. The zero-order chi connectivity index (χ0) is 19.0. The predicted molar refractivity (Wildman–Crippen MR) is 99.6 cm³/mol. The lowest BCUT2D eigenvalue weighted by atomic mass is 10.1. The van der Waals surface area contributed by atoms with E-state index in [4.69, 9.17) is 4.42 Å². The number of imide groups is 1. The lowest BCUT2D eigenvalue weighted by Gasteiger charge is -2.12. The van der Waals surface area contributed by atoms with Crippen LogP contribution >= 0.6 is 11.3 Å². The Morgan fingerprint density at radius 2 is 1.85 bits per heavy atom. The number of carbonyl (C=O) groups excluding carboxylic acids is 3. The lowest BCUT2D eigenvalue weighted by molar-refractivity contribution is -0.116. The van der Waals surface area contributed by atoms with Crippen LogP contribution < -0.4 is 5.32 Å². The fraction of sp³-hybridized carbons (Fsp3) is 0.158. The van der Waals surface area contributed by atoms with Crippen molar-refractivity contribution in [2.45, 2.75) is 13.3 Å². The van der Waals surface area contributed by atoms with Crippen LogP contribution in [0.2, 0.25) is 0 Å². The second-order valence-corrected chi connectivity index (χ2v) is 6.91. The highest BCUT2D eigenvalue weighted by atomic mass is 32.1. The van der Waals surface area contributed by atoms with Gasteiger partial charge in [0.15, 0.2) is 10.9 Å². The van der Waals surface area contributed by atoms with E-state index in [0.717, 1.165) is 10.7 Å². The molecule has 1 N–H and O–H groups in total. The van der Waals surface area contributed by atoms with E-state index in [1.807, 2.05) is 19.1 Å². The first-order chi connectivity index (χ1) is 13.0. The average molecular weight is 381 g/mol. The molecule has 0 fully saturated rings. The molecule has 1 aliphatic heterocycles. The molecule has 7 nitrogen and oxygen atoms in total. The molecule has 0 bridgehead atoms. The van der Waals surface area contributed by atoms with Gasteiger partial charge in [-0.1, -0.05) is 12.1 Å². The first-order valence-electron chi connectivity index (χ1n) is 8.30. The number of hydrogen-bond acceptors (Lipinski definition) is 6. The first-order valence-corrected chi connectivity index (χ1v) is 9.18. The normalized spacial score (nSPS) is 13.1. The van der Waals surface area contributed by atoms with E-state index >= 15 is 0 Å². The van der Waals surface area contributed by atoms with Crippen LogP contribution in [-0.4, -0.2) is 34.2 Å². The third-order valence-electron chi connectivity index (χ3n) is 4.18. The van der Waals surface area contributed by atoms with Crippen LogP contribution in [0.4, 0.5) is 5.13 Å². The summed E-state index contributed by atoms with van der Waals surface area (Å²) < 4.78 is 5.51. The molecule has 1 aliphatic rings. The Labute approximate surface area is 158 Å². The molecule has 0 aliphatic carbocycles. The largest absolute Gasteiger partial charge is 0.460 e. The third-order valence-corrected chi connectivity index (χ3v) is 4.94. The lowest BCUT2D eigenvalue weighted by Crippen LogP contribution is -2.32. The standard InChI is InChI=1S/C19H15N3O4S/c1-11-6-7-15(26-11)14-10-27-19(20-14)21-16(23)8-9-22-17(24)12-4-2-3-5-13(12)18(22)25/h2-7,10H,8-9H2,1H3,(H,20,21,23). The number of aryl methyl sites for hydroxylation is 1. The molecule has 0 atom stereocenters. The number of fused-ring (bicyclic) bond motifs is 1. The van der Waals surface area contributed by atoms with Crippen molar-refractivity contribution in [2.75, 3.05) is 11.9 Å². The van der Waals surface area contributed by atoms with Crippen molar-refractivity contribution in [2.24, 2.45) is 0 Å². The number of carbonyl (C=O) groups is 3. The molecule has 8 heteroatoms. The maximum atomic E-state index is 12.3. The maximum absolute atomic E-state index is 12.3. The number of amides is 3. The molecule has 2 aromatic heterocycles. The molecule has 3 amide bonds. The van der Waals surface area contributed by atoms with Crippen LogP contribution in [0.15, 0.2) is 46.2 Å². The topological polar surface area (TPSA) is 92.5 Å². The predicted octanol–water partition coefficient (Wildman–Crippen LogP) is 3.34. The highest BCUT2D eigenvalue weighted by Crippen LogP contribution is 2.27. The highest BCUT2D eigenvalue weighted by molar-refractivity contribution is 7.14. The second kappa shape index (κ2) is 6.81. The van der Waals surface area contributed by atoms with E-state index in [0.29, 0.717) is 27.7 Å². The Bertz CT molecular complexity index is 1020. The number of rotatable bonds is 5. The van der Waals surface area contributed by atoms with Gasteiger partial charge < -0.3 is 9.73 Å². The summed E-state index contributed by atoms with van der Waals surface area (Å²) in [5.74, 6) is 0.365. The molecule has 0 unspecified atom stereocenters. The first kappa shape index (κ1) is 17.2. The summed E-state index contributed by atoms with van der Waals surface area (Å²) in [6.45, 7) is 1.87. The van der Waals surface area contributed by atoms with E-state index in [1.165, 1.54) is 11.3 Å². The molecule has 3 aromatic rings. The Kier molecular flexibility index (Phi) is 4.33. The van der Waals surface area contributed by atoms with Gasteiger partial charge in [-0.05, 0) is 31.2 Å². The van der Waals surface area contributed by atoms with Crippen molar-refractivity contribution in [3.63, 3.8) is 0 Å². The van der Waals surface area contributed by atoms with E-state index in [2.05, 4.69) is 10.3 Å². The van der Waals surface area contributed by atoms with Crippen LogP contribution in [0.3, 0.4) is 0 Å². The fourth-order valence-corrected chi connectivity index (χ4v) is 3.57. The zero-order valence-electron chi connectivity index (χ0n) is 14.4. The molecule has 0 radical (unpaired) electrons. The maximum Gasteiger partial charge on any atom is 0.261 e. The number of nitrogens with one attached hydrogen (secondary N) is 1. The Morgan fingerprint density at radius 3 is 2.48 bits per heavy atom. The molecular weight excluding hydrogens is 366 g/mol. The minimum absolute atomic E-state index is 0.000240. The van der Waals surface area contributed by atoms with Crippen LogP contribution in [0.25, 0.3) is 11.5 Å². The van der Waals surface area contributed by atoms with Gasteiger partial charge in [-0.2, -0.15) is 0 Å². The number of nitrogens with zero attached hydrogens (tertiary/aromatic N) is 2. The van der Waals surface area contributed by atoms with E-state index in [1.54, 1.807) is 29.6 Å². The average Bonchev–Trinajstić information content (AvgIpc) is 3.35. The van der Waals surface area contributed by atoms with Crippen LogP contribution in [0, 0.1) is 6.92 Å². The third kappa shape index (κ3) is 3.26. The van der Waals surface area contributed by atoms with Gasteiger partial charge in [0.1, 0.15) is 11.5 Å². The Balaban J connectivity index is 1.36. The van der Waals surface area contributed by atoms with E-state index in [9.17, 15) is 14.4 Å². The summed E-state index contributed by atoms with van der Waals surface area (Å²) in [6, 6.07) is 10.3. The zero-order valence-corrected chi connectivity index (χ0v) is 15.2. The molecule has 1 aromatic carbocycles. The van der Waals surface area contributed by atoms with Crippen molar-refractivity contribution in [1.82, 2.24) is 9.88 Å². The van der Waals surface area contributed by atoms with Gasteiger partial charge in [0.2, 0.25) is 5.91 Å². The van der Waals surface area contributed by atoms with Gasteiger partial charge in [0, 0.05) is 18.3 Å². The van der Waals surface area contributed by atoms with Crippen LogP contribution in [0.1, 0.15) is 32.9 Å². The molecule has 4 rings (SSSR count). The molecule has 0 spiro atoms. The van der Waals surface area contributed by atoms with Crippen molar-refractivity contribution in [1.29, 1.82) is 0 Å². The van der Waals surface area contributed by atoms with Crippen molar-refractivity contribution in [3.05, 3.63) is 58.7 Å². The number of aromatic nitrogens is 1. The van der Waals surface area contributed by atoms with Crippen molar-refractivity contribution < 1.29 is 18.8 Å². The number of anilines is 1. The molecule has 136 valence electrons. The molecular formula is C19H15N3O4S. The molecule has 0 saturated heterocycles. The Morgan fingerprint density at radius 1 is 1.15 bits per heavy atom. The van der Waals surface area contributed by atoms with Gasteiger partial charge in [-0.15, -0.1) is 11.3 Å². The molecule has 27 heavy (non-hydrogen) atoms. The number of hydrogen-bond donors (Lipinski definition) is 1. The Hall–Kier alpha value is -3.26. The number of thiazole rings is 1. The minimum atomic E-state index is -0.367. The summed E-state index contributed by atoms with van der Waals surface area (Å²) in [7, 11) is 0.